The number of rotatable bonds is 5. The number of aryl methyl sites for hydroxylation is 1. The van der Waals surface area contributed by atoms with E-state index in [-0.39, 0.29) is 11.9 Å². The largest absolute Gasteiger partial charge is 0.416 e. The Morgan fingerprint density at radius 2 is 2.00 bits per heavy atom. The van der Waals surface area contributed by atoms with E-state index in [0.717, 1.165) is 17.7 Å². The van der Waals surface area contributed by atoms with Gasteiger partial charge in [0.1, 0.15) is 0 Å². The zero-order valence-electron chi connectivity index (χ0n) is 16.1. The molecule has 2 aromatic heterocycles. The highest BCUT2D eigenvalue weighted by atomic mass is 19.4. The van der Waals surface area contributed by atoms with E-state index >= 15 is 0 Å². The van der Waals surface area contributed by atoms with Gasteiger partial charge in [0.25, 0.3) is 0 Å². The van der Waals surface area contributed by atoms with Crippen LogP contribution in [0.2, 0.25) is 0 Å². The highest BCUT2D eigenvalue weighted by Gasteiger charge is 2.30. The first-order chi connectivity index (χ1) is 13.6. The Morgan fingerprint density at radius 3 is 2.66 bits per heavy atom. The number of aromatic nitrogens is 4. The number of halogens is 3. The van der Waals surface area contributed by atoms with Gasteiger partial charge in [-0.25, -0.2) is 4.68 Å². The van der Waals surface area contributed by atoms with Crippen molar-refractivity contribution in [3.05, 3.63) is 71.3 Å². The highest BCUT2D eigenvalue weighted by molar-refractivity contribution is 5.91. The van der Waals surface area contributed by atoms with Gasteiger partial charge in [0, 0.05) is 36.1 Å². The SMILES string of the molecule is Cc1c(C(C)NC(=O)C=Cc2cnn(C)c2)cnn1-c1cccc(C(F)(F)F)c1. The number of nitrogens with one attached hydrogen (secondary N) is 1. The van der Waals surface area contributed by atoms with E-state index < -0.39 is 11.7 Å². The van der Waals surface area contributed by atoms with Crippen molar-refractivity contribution < 1.29 is 18.0 Å². The third-order valence-corrected chi connectivity index (χ3v) is 4.44. The second-order valence-corrected chi connectivity index (χ2v) is 6.66. The van der Waals surface area contributed by atoms with Gasteiger partial charge in [-0.3, -0.25) is 9.48 Å². The van der Waals surface area contributed by atoms with E-state index in [0.29, 0.717) is 16.9 Å². The maximum atomic E-state index is 13.0. The summed E-state index contributed by atoms with van der Waals surface area (Å²) in [4.78, 5) is 12.2. The Labute approximate surface area is 165 Å². The number of hydrogen-bond donors (Lipinski definition) is 1. The molecule has 3 aromatic rings. The van der Waals surface area contributed by atoms with Crippen LogP contribution in [0, 0.1) is 6.92 Å². The molecule has 0 saturated carbocycles. The van der Waals surface area contributed by atoms with Gasteiger partial charge in [-0.1, -0.05) is 6.07 Å². The van der Waals surface area contributed by atoms with E-state index in [1.54, 1.807) is 56.3 Å². The Hall–Kier alpha value is -3.36. The third kappa shape index (κ3) is 4.74. The lowest BCUT2D eigenvalue weighted by molar-refractivity contribution is -0.137. The molecule has 9 heteroatoms. The molecule has 0 bridgehead atoms. The monoisotopic (exact) mass is 403 g/mol. The van der Waals surface area contributed by atoms with Crippen molar-refractivity contribution >= 4 is 12.0 Å². The molecule has 152 valence electrons. The number of benzene rings is 1. The maximum absolute atomic E-state index is 13.0. The normalized spacial score (nSPS) is 13.0. The molecule has 0 aliphatic heterocycles. The van der Waals surface area contributed by atoms with Crippen molar-refractivity contribution in [3.63, 3.8) is 0 Å². The number of amides is 1. The van der Waals surface area contributed by atoms with Crippen LogP contribution in [0.1, 0.15) is 35.3 Å². The summed E-state index contributed by atoms with van der Waals surface area (Å²) >= 11 is 0. The minimum atomic E-state index is -4.43. The summed E-state index contributed by atoms with van der Waals surface area (Å²) in [5.74, 6) is -0.299. The first-order valence-corrected chi connectivity index (χ1v) is 8.84. The molecule has 1 aromatic carbocycles. The van der Waals surface area contributed by atoms with Crippen molar-refractivity contribution in [2.75, 3.05) is 0 Å². The van der Waals surface area contributed by atoms with Gasteiger partial charge in [-0.05, 0) is 38.1 Å². The summed E-state index contributed by atoms with van der Waals surface area (Å²) in [6, 6.07) is 4.58. The number of carbonyl (C=O) groups excluding carboxylic acids is 1. The van der Waals surface area contributed by atoms with Crippen LogP contribution in [-0.2, 0) is 18.0 Å². The third-order valence-electron chi connectivity index (χ3n) is 4.44. The zero-order chi connectivity index (χ0) is 21.2. The summed E-state index contributed by atoms with van der Waals surface area (Å²) in [5.41, 5.74) is 1.72. The number of nitrogens with zero attached hydrogens (tertiary/aromatic N) is 4. The van der Waals surface area contributed by atoms with Crippen LogP contribution < -0.4 is 5.32 Å². The first kappa shape index (κ1) is 20.4. The van der Waals surface area contributed by atoms with Gasteiger partial charge in [0.05, 0.1) is 29.7 Å². The molecular weight excluding hydrogens is 383 g/mol. The highest BCUT2D eigenvalue weighted by Crippen LogP contribution is 2.31. The Kier molecular flexibility index (Phi) is 5.58. The van der Waals surface area contributed by atoms with Crippen molar-refractivity contribution in [1.82, 2.24) is 24.9 Å². The fourth-order valence-electron chi connectivity index (χ4n) is 2.96. The number of alkyl halides is 3. The molecule has 0 saturated heterocycles. The predicted molar refractivity (Wildman–Crippen MR) is 102 cm³/mol. The molecule has 0 radical (unpaired) electrons. The summed E-state index contributed by atoms with van der Waals surface area (Å²) < 4.78 is 42.0. The minimum absolute atomic E-state index is 0.299. The van der Waals surface area contributed by atoms with Gasteiger partial charge >= 0.3 is 6.18 Å². The standard InChI is InChI=1S/C20H20F3N5O/c1-13(26-19(29)8-7-15-10-24-27(3)12-15)18-11-25-28(14(18)2)17-6-4-5-16(9-17)20(21,22)23/h4-13H,1-3H3,(H,26,29). The smallest absolute Gasteiger partial charge is 0.346 e. The maximum Gasteiger partial charge on any atom is 0.416 e. The van der Waals surface area contributed by atoms with Crippen molar-refractivity contribution in [2.45, 2.75) is 26.1 Å². The Morgan fingerprint density at radius 1 is 1.24 bits per heavy atom. The molecule has 1 unspecified atom stereocenters. The van der Waals surface area contributed by atoms with Crippen molar-refractivity contribution in [3.8, 4) is 5.69 Å². The molecule has 1 N–H and O–H groups in total. The molecular formula is C20H20F3N5O. The molecule has 0 spiro atoms. The minimum Gasteiger partial charge on any atom is -0.346 e. The van der Waals surface area contributed by atoms with Crippen LogP contribution in [0.4, 0.5) is 13.2 Å². The van der Waals surface area contributed by atoms with Gasteiger partial charge in [0.2, 0.25) is 5.91 Å². The van der Waals surface area contributed by atoms with Crippen molar-refractivity contribution in [2.24, 2.45) is 7.05 Å². The van der Waals surface area contributed by atoms with Gasteiger partial charge in [-0.15, -0.1) is 0 Å². The Bertz CT molecular complexity index is 1050. The van der Waals surface area contributed by atoms with Crippen LogP contribution in [0.15, 0.2) is 48.9 Å². The lowest BCUT2D eigenvalue weighted by Gasteiger charge is -2.13. The van der Waals surface area contributed by atoms with E-state index in [1.165, 1.54) is 16.8 Å². The zero-order valence-corrected chi connectivity index (χ0v) is 16.1. The van der Waals surface area contributed by atoms with Crippen LogP contribution in [0.25, 0.3) is 11.8 Å². The second-order valence-electron chi connectivity index (χ2n) is 6.66. The summed E-state index contributed by atoms with van der Waals surface area (Å²) in [7, 11) is 1.78. The quantitative estimate of drug-likeness (QED) is 0.659. The summed E-state index contributed by atoms with van der Waals surface area (Å²) in [5, 5.41) is 11.1. The van der Waals surface area contributed by atoms with Crippen LogP contribution in [0.3, 0.4) is 0 Å². The average molecular weight is 403 g/mol. The molecule has 29 heavy (non-hydrogen) atoms. The van der Waals surface area contributed by atoms with Crippen molar-refractivity contribution in [1.29, 1.82) is 0 Å². The molecule has 0 fully saturated rings. The second kappa shape index (κ2) is 7.94. The van der Waals surface area contributed by atoms with E-state index in [1.807, 2.05) is 0 Å². The van der Waals surface area contributed by atoms with E-state index in [4.69, 9.17) is 0 Å². The van der Waals surface area contributed by atoms with Gasteiger partial charge < -0.3 is 5.32 Å². The van der Waals surface area contributed by atoms with Gasteiger partial charge in [0.15, 0.2) is 0 Å². The molecule has 1 amide bonds. The topological polar surface area (TPSA) is 64.7 Å². The van der Waals surface area contributed by atoms with Gasteiger partial charge in [-0.2, -0.15) is 23.4 Å². The predicted octanol–water partition coefficient (Wildman–Crippen LogP) is 3.82. The number of hydrogen-bond acceptors (Lipinski definition) is 3. The Balaban J connectivity index is 1.75. The lowest BCUT2D eigenvalue weighted by atomic mass is 10.1. The van der Waals surface area contributed by atoms with Crippen LogP contribution >= 0.6 is 0 Å². The molecule has 6 nitrogen and oxygen atoms in total. The molecule has 0 aliphatic rings. The fourth-order valence-corrected chi connectivity index (χ4v) is 2.96. The van der Waals surface area contributed by atoms with E-state index in [2.05, 4.69) is 15.5 Å². The first-order valence-electron chi connectivity index (χ1n) is 8.84. The van der Waals surface area contributed by atoms with Crippen LogP contribution in [0.5, 0.6) is 0 Å². The van der Waals surface area contributed by atoms with E-state index in [9.17, 15) is 18.0 Å². The number of carbonyl (C=O) groups is 1. The molecule has 3 rings (SSSR count). The average Bonchev–Trinajstić information content (AvgIpc) is 3.25. The molecule has 1 atom stereocenters. The fraction of sp³-hybridized carbons (Fsp3) is 0.250. The van der Waals surface area contributed by atoms with Crippen LogP contribution in [-0.4, -0.2) is 25.5 Å². The lowest BCUT2D eigenvalue weighted by Crippen LogP contribution is -2.25. The summed E-state index contributed by atoms with van der Waals surface area (Å²) in [6.45, 7) is 3.53. The molecule has 0 aliphatic carbocycles. The summed E-state index contributed by atoms with van der Waals surface area (Å²) in [6.07, 6.45) is 3.58. The molecule has 2 heterocycles.